The fourth-order valence-electron chi connectivity index (χ4n) is 4.31. The number of aromatic nitrogens is 3. The van der Waals surface area contributed by atoms with Crippen LogP contribution in [0.15, 0.2) is 35.5 Å². The molecule has 3 aromatic rings. The zero-order valence-electron chi connectivity index (χ0n) is 23.0. The molecule has 1 aromatic carbocycles. The zero-order chi connectivity index (χ0) is 28.5. The Kier molecular flexibility index (Phi) is 10.6. The molecule has 0 spiro atoms. The van der Waals surface area contributed by atoms with Gasteiger partial charge in [0.15, 0.2) is 17.6 Å². The third-order valence-corrected chi connectivity index (χ3v) is 8.66. The SMILES string of the molecule is CCCCn1c(CNC(=O)COc2ccccc2)nnc1S[C@@H](C)C(=O)Nc1sc2c(c1C(=O)OCC)CCC2. The molecule has 0 saturated heterocycles. The summed E-state index contributed by atoms with van der Waals surface area (Å²) in [6.07, 6.45) is 4.59. The minimum Gasteiger partial charge on any atom is -0.484 e. The molecule has 0 radical (unpaired) electrons. The first-order valence-corrected chi connectivity index (χ1v) is 15.3. The van der Waals surface area contributed by atoms with Crippen molar-refractivity contribution < 1.29 is 23.9 Å². The predicted octanol–water partition coefficient (Wildman–Crippen LogP) is 4.62. The molecule has 2 N–H and O–H groups in total. The van der Waals surface area contributed by atoms with E-state index < -0.39 is 11.2 Å². The Labute approximate surface area is 242 Å². The number of fused-ring (bicyclic) bond motifs is 1. The number of hydrogen-bond donors (Lipinski definition) is 2. The third-order valence-electron chi connectivity index (χ3n) is 6.37. The van der Waals surface area contributed by atoms with Crippen LogP contribution in [0, 0.1) is 0 Å². The van der Waals surface area contributed by atoms with Crippen molar-refractivity contribution in [1.29, 1.82) is 0 Å². The lowest BCUT2D eigenvalue weighted by Crippen LogP contribution is -2.29. The van der Waals surface area contributed by atoms with E-state index in [1.54, 1.807) is 26.0 Å². The Morgan fingerprint density at radius 2 is 1.95 bits per heavy atom. The van der Waals surface area contributed by atoms with E-state index in [1.807, 2.05) is 22.8 Å². The number of nitrogens with zero attached hydrogens (tertiary/aromatic N) is 3. The maximum Gasteiger partial charge on any atom is 0.341 e. The van der Waals surface area contributed by atoms with Crippen molar-refractivity contribution in [3.05, 3.63) is 52.2 Å². The summed E-state index contributed by atoms with van der Waals surface area (Å²) in [7, 11) is 0. The van der Waals surface area contributed by atoms with Crippen molar-refractivity contribution in [3.63, 3.8) is 0 Å². The van der Waals surface area contributed by atoms with Crippen molar-refractivity contribution in [2.24, 2.45) is 0 Å². The highest BCUT2D eigenvalue weighted by atomic mass is 32.2. The highest BCUT2D eigenvalue weighted by Crippen LogP contribution is 2.40. The van der Waals surface area contributed by atoms with E-state index in [0.29, 0.717) is 33.8 Å². The minimum absolute atomic E-state index is 0.105. The molecule has 0 bridgehead atoms. The molecule has 12 heteroatoms. The number of nitrogens with one attached hydrogen (secondary N) is 2. The van der Waals surface area contributed by atoms with Crippen LogP contribution in [-0.4, -0.2) is 51.0 Å². The standard InChI is InChI=1S/C28H35N5O5S2/c1-4-6-15-33-22(16-29-23(34)17-38-19-11-8-7-9-12-19)31-32-28(33)39-18(3)25(35)30-26-24(27(36)37-5-2)20-13-10-14-21(20)40-26/h7-9,11-12,18H,4-6,10,13-17H2,1-3H3,(H,29,34)(H,30,35)/t18-/m0/s1. The number of ether oxygens (including phenoxy) is 2. The summed E-state index contributed by atoms with van der Waals surface area (Å²) >= 11 is 2.75. The Hall–Kier alpha value is -3.38. The molecule has 0 saturated carbocycles. The number of unbranched alkanes of at least 4 members (excludes halogenated alkanes) is 1. The average molecular weight is 586 g/mol. The second kappa shape index (κ2) is 14.3. The van der Waals surface area contributed by atoms with Crippen LogP contribution in [0.4, 0.5) is 5.00 Å². The van der Waals surface area contributed by atoms with Crippen molar-refractivity contribution in [3.8, 4) is 5.75 Å². The van der Waals surface area contributed by atoms with Crippen LogP contribution >= 0.6 is 23.1 Å². The number of benzene rings is 1. The van der Waals surface area contributed by atoms with Gasteiger partial charge in [0.25, 0.3) is 5.91 Å². The molecular formula is C28H35N5O5S2. The van der Waals surface area contributed by atoms with Crippen molar-refractivity contribution in [2.75, 3.05) is 18.5 Å². The monoisotopic (exact) mass is 585 g/mol. The Morgan fingerprint density at radius 1 is 1.15 bits per heavy atom. The summed E-state index contributed by atoms with van der Waals surface area (Å²) in [5, 5.41) is 15.1. The first kappa shape index (κ1) is 29.6. The van der Waals surface area contributed by atoms with Crippen LogP contribution in [0.2, 0.25) is 0 Å². The minimum atomic E-state index is -0.502. The molecule has 2 heterocycles. The van der Waals surface area contributed by atoms with E-state index in [0.717, 1.165) is 42.5 Å². The third kappa shape index (κ3) is 7.42. The first-order chi connectivity index (χ1) is 19.4. The summed E-state index contributed by atoms with van der Waals surface area (Å²) in [5.41, 5.74) is 1.49. The molecule has 2 aromatic heterocycles. The highest BCUT2D eigenvalue weighted by Gasteiger charge is 2.29. The number of hydrogen-bond acceptors (Lipinski definition) is 9. The van der Waals surface area contributed by atoms with E-state index in [2.05, 4.69) is 27.8 Å². The topological polar surface area (TPSA) is 124 Å². The molecule has 214 valence electrons. The molecule has 1 atom stereocenters. The van der Waals surface area contributed by atoms with Crippen molar-refractivity contribution >= 4 is 45.9 Å². The van der Waals surface area contributed by atoms with Gasteiger partial charge in [-0.05, 0) is 57.2 Å². The average Bonchev–Trinajstić information content (AvgIpc) is 3.65. The van der Waals surface area contributed by atoms with Crippen molar-refractivity contribution in [2.45, 2.75) is 76.4 Å². The van der Waals surface area contributed by atoms with E-state index in [9.17, 15) is 14.4 Å². The number of para-hydroxylation sites is 1. The number of rotatable bonds is 14. The fraction of sp³-hybridized carbons (Fsp3) is 0.464. The van der Waals surface area contributed by atoms with Crippen LogP contribution in [0.25, 0.3) is 0 Å². The molecule has 0 unspecified atom stereocenters. The number of aryl methyl sites for hydroxylation is 1. The number of anilines is 1. The summed E-state index contributed by atoms with van der Waals surface area (Å²) in [4.78, 5) is 39.4. The second-order valence-corrected chi connectivity index (χ2v) is 11.7. The van der Waals surface area contributed by atoms with E-state index in [-0.39, 0.29) is 31.6 Å². The van der Waals surface area contributed by atoms with Crippen LogP contribution < -0.4 is 15.4 Å². The molecule has 10 nitrogen and oxygen atoms in total. The van der Waals surface area contributed by atoms with Gasteiger partial charge in [-0.25, -0.2) is 4.79 Å². The highest BCUT2D eigenvalue weighted by molar-refractivity contribution is 8.00. The van der Waals surface area contributed by atoms with Crippen molar-refractivity contribution in [1.82, 2.24) is 20.1 Å². The first-order valence-electron chi connectivity index (χ1n) is 13.6. The van der Waals surface area contributed by atoms with E-state index >= 15 is 0 Å². The van der Waals surface area contributed by atoms with Gasteiger partial charge in [0.05, 0.1) is 24.0 Å². The van der Waals surface area contributed by atoms with Crippen LogP contribution in [0.1, 0.15) is 66.7 Å². The summed E-state index contributed by atoms with van der Waals surface area (Å²) in [5.74, 6) is 0.342. The number of carbonyl (C=O) groups is 3. The molecule has 40 heavy (non-hydrogen) atoms. The van der Waals surface area contributed by atoms with Gasteiger partial charge >= 0.3 is 5.97 Å². The molecule has 0 fully saturated rings. The molecule has 4 rings (SSSR count). The summed E-state index contributed by atoms with van der Waals surface area (Å²) in [6, 6.07) is 9.15. The number of thiophene rings is 1. The van der Waals surface area contributed by atoms with Crippen LogP contribution in [0.5, 0.6) is 5.75 Å². The fourth-order valence-corrected chi connectivity index (χ4v) is 6.48. The maximum absolute atomic E-state index is 13.2. The van der Waals surface area contributed by atoms with Gasteiger partial charge in [0.1, 0.15) is 10.8 Å². The lowest BCUT2D eigenvalue weighted by Gasteiger charge is -2.14. The van der Waals surface area contributed by atoms with E-state index in [4.69, 9.17) is 9.47 Å². The summed E-state index contributed by atoms with van der Waals surface area (Å²) < 4.78 is 12.7. The maximum atomic E-state index is 13.2. The lowest BCUT2D eigenvalue weighted by molar-refractivity contribution is -0.123. The Balaban J connectivity index is 1.39. The van der Waals surface area contributed by atoms with Gasteiger partial charge in [0, 0.05) is 11.4 Å². The predicted molar refractivity (Wildman–Crippen MR) is 155 cm³/mol. The quantitative estimate of drug-likeness (QED) is 0.208. The zero-order valence-corrected chi connectivity index (χ0v) is 24.7. The number of esters is 1. The molecular weight excluding hydrogens is 550 g/mol. The van der Waals surface area contributed by atoms with E-state index in [1.165, 1.54) is 23.1 Å². The number of amides is 2. The normalized spacial score (nSPS) is 13.0. The van der Waals surface area contributed by atoms with Gasteiger partial charge in [-0.15, -0.1) is 21.5 Å². The Morgan fingerprint density at radius 3 is 2.70 bits per heavy atom. The second-order valence-electron chi connectivity index (χ2n) is 9.31. The van der Waals surface area contributed by atoms with Crippen LogP contribution in [0.3, 0.4) is 0 Å². The lowest BCUT2D eigenvalue weighted by atomic mass is 10.1. The molecule has 2 amide bonds. The van der Waals surface area contributed by atoms with Gasteiger partial charge in [0.2, 0.25) is 5.91 Å². The number of carbonyl (C=O) groups excluding carboxylic acids is 3. The number of thioether (sulfide) groups is 1. The van der Waals surface area contributed by atoms with Gasteiger partial charge in [-0.1, -0.05) is 43.3 Å². The largest absolute Gasteiger partial charge is 0.484 e. The van der Waals surface area contributed by atoms with Gasteiger partial charge in [-0.3, -0.25) is 9.59 Å². The van der Waals surface area contributed by atoms with Gasteiger partial charge in [-0.2, -0.15) is 0 Å². The smallest absolute Gasteiger partial charge is 0.341 e. The van der Waals surface area contributed by atoms with Crippen LogP contribution in [-0.2, 0) is 40.3 Å². The summed E-state index contributed by atoms with van der Waals surface area (Å²) in [6.45, 7) is 6.69. The van der Waals surface area contributed by atoms with Gasteiger partial charge < -0.3 is 24.7 Å². The molecule has 1 aliphatic rings. The molecule has 1 aliphatic carbocycles. The molecule has 0 aliphatic heterocycles. The Bertz CT molecular complexity index is 1320.